The third-order valence-electron chi connectivity index (χ3n) is 3.15. The van der Waals surface area contributed by atoms with Crippen LogP contribution in [0.5, 0.6) is 0 Å². The van der Waals surface area contributed by atoms with Crippen LogP contribution in [0.2, 0.25) is 0 Å². The van der Waals surface area contributed by atoms with Crippen molar-refractivity contribution >= 4 is 11.5 Å². The van der Waals surface area contributed by atoms with E-state index in [-0.39, 0.29) is 5.95 Å². The van der Waals surface area contributed by atoms with E-state index in [0.717, 1.165) is 30.5 Å². The van der Waals surface area contributed by atoms with E-state index in [1.165, 1.54) is 12.2 Å². The average molecular weight is 293 g/mol. The highest BCUT2D eigenvalue weighted by atomic mass is 19.4. The number of hydrogen-bond donors (Lipinski definition) is 1. The smallest absolute Gasteiger partial charge is 0.397 e. The summed E-state index contributed by atoms with van der Waals surface area (Å²) in [6, 6.07) is 0. The largest absolute Gasteiger partial charge is 0.573 e. The Labute approximate surface area is 118 Å². The topological polar surface area (TPSA) is 61.0 Å². The fourth-order valence-corrected chi connectivity index (χ4v) is 2.37. The number of nitrogens with zero attached hydrogens (tertiary/aromatic N) is 2. The quantitative estimate of drug-likeness (QED) is 0.852. The first-order valence-corrected chi connectivity index (χ1v) is 6.28. The number of fused-ring (bicyclic) bond motifs is 1. The van der Waals surface area contributed by atoms with Crippen molar-refractivity contribution in [1.29, 1.82) is 0 Å². The summed E-state index contributed by atoms with van der Waals surface area (Å²) >= 11 is 0. The van der Waals surface area contributed by atoms with Gasteiger partial charge < -0.3 is 10.5 Å². The van der Waals surface area contributed by atoms with Crippen molar-refractivity contribution in [2.24, 2.45) is 0 Å². The molecule has 0 unspecified atom stereocenters. The molecule has 0 atom stereocenters. The van der Waals surface area contributed by atoms with Crippen LogP contribution in [-0.4, -0.2) is 16.3 Å². The molecular formula is C14H10F3N3O. The van der Waals surface area contributed by atoms with E-state index in [9.17, 15) is 13.2 Å². The van der Waals surface area contributed by atoms with Crippen LogP contribution >= 0.6 is 0 Å². The summed E-state index contributed by atoms with van der Waals surface area (Å²) in [6.07, 6.45) is 0.496. The van der Waals surface area contributed by atoms with Gasteiger partial charge in [0.05, 0.1) is 11.3 Å². The standard InChI is InChI=1S/C14H10F3N3O/c15-14(16,17)21-9-6-4-8(5-7-9)12-10-2-1-3-11(10)19-13(18)20-12/h4,6H,1-3H2,(H2,18,19,20). The van der Waals surface area contributed by atoms with Crippen molar-refractivity contribution < 1.29 is 17.9 Å². The summed E-state index contributed by atoms with van der Waals surface area (Å²) in [5, 5.41) is 0. The maximum absolute atomic E-state index is 12.1. The van der Waals surface area contributed by atoms with Crippen LogP contribution in [0.25, 0.3) is 5.57 Å². The number of alkyl halides is 3. The SMILES string of the molecule is Nc1nc2c(c(C3=C=C=C(OC(F)(F)F)C=C3)n1)CCC2. The van der Waals surface area contributed by atoms with Gasteiger partial charge >= 0.3 is 6.36 Å². The Kier molecular flexibility index (Phi) is 3.09. The van der Waals surface area contributed by atoms with Gasteiger partial charge in [-0.05, 0) is 37.1 Å². The van der Waals surface area contributed by atoms with Crippen LogP contribution in [0, 0.1) is 0 Å². The van der Waals surface area contributed by atoms with Gasteiger partial charge in [-0.15, -0.1) is 13.2 Å². The summed E-state index contributed by atoms with van der Waals surface area (Å²) < 4.78 is 40.1. The maximum Gasteiger partial charge on any atom is 0.573 e. The predicted molar refractivity (Wildman–Crippen MR) is 68.7 cm³/mol. The molecule has 0 bridgehead atoms. The number of nitrogens with two attached hydrogens (primary N) is 1. The first-order chi connectivity index (χ1) is 9.92. The molecule has 7 heteroatoms. The number of aromatic nitrogens is 2. The Hall–Kier alpha value is -2.49. The normalized spacial score (nSPS) is 16.5. The summed E-state index contributed by atoms with van der Waals surface area (Å²) in [4.78, 5) is 8.35. The molecule has 2 N–H and O–H groups in total. The first-order valence-electron chi connectivity index (χ1n) is 6.28. The summed E-state index contributed by atoms with van der Waals surface area (Å²) in [5.74, 6) is -0.292. The first kappa shape index (κ1) is 13.5. The molecule has 0 radical (unpaired) electrons. The molecule has 0 saturated carbocycles. The summed E-state index contributed by atoms with van der Waals surface area (Å²) in [6.45, 7) is 0. The van der Waals surface area contributed by atoms with E-state index in [2.05, 4.69) is 26.2 Å². The van der Waals surface area contributed by atoms with Crippen LogP contribution < -0.4 is 5.73 Å². The number of allylic oxidation sites excluding steroid dienone is 3. The second-order valence-corrected chi connectivity index (χ2v) is 4.62. The van der Waals surface area contributed by atoms with Crippen LogP contribution in [0.15, 0.2) is 29.4 Å². The lowest BCUT2D eigenvalue weighted by Crippen LogP contribution is -2.12. The molecule has 0 aromatic carbocycles. The van der Waals surface area contributed by atoms with Crippen LogP contribution in [0.1, 0.15) is 23.4 Å². The zero-order chi connectivity index (χ0) is 15.0. The molecule has 3 rings (SSSR count). The minimum absolute atomic E-state index is 0.148. The van der Waals surface area contributed by atoms with Crippen molar-refractivity contribution in [1.82, 2.24) is 9.97 Å². The third kappa shape index (κ3) is 2.84. The van der Waals surface area contributed by atoms with Gasteiger partial charge in [0, 0.05) is 11.3 Å². The highest BCUT2D eigenvalue weighted by molar-refractivity contribution is 5.75. The van der Waals surface area contributed by atoms with E-state index in [1.807, 2.05) is 0 Å². The molecule has 1 aromatic rings. The molecule has 108 valence electrons. The lowest BCUT2D eigenvalue weighted by atomic mass is 10.0. The molecular weight excluding hydrogens is 283 g/mol. The van der Waals surface area contributed by atoms with E-state index >= 15 is 0 Å². The molecule has 1 aromatic heterocycles. The fraction of sp³-hybridized carbons (Fsp3) is 0.286. The van der Waals surface area contributed by atoms with Crippen LogP contribution in [0.3, 0.4) is 0 Å². The Morgan fingerprint density at radius 1 is 1.14 bits per heavy atom. The van der Waals surface area contributed by atoms with Gasteiger partial charge in [-0.1, -0.05) is 5.73 Å². The zero-order valence-electron chi connectivity index (χ0n) is 10.8. The predicted octanol–water partition coefficient (Wildman–Crippen LogP) is 2.68. The number of rotatable bonds is 2. The Balaban J connectivity index is 2.04. The summed E-state index contributed by atoms with van der Waals surface area (Å²) in [5.41, 5.74) is 13.6. The highest BCUT2D eigenvalue weighted by Gasteiger charge is 2.32. The number of nitrogen functional groups attached to an aromatic ring is 1. The van der Waals surface area contributed by atoms with Gasteiger partial charge in [-0.3, -0.25) is 0 Å². The molecule has 4 nitrogen and oxygen atoms in total. The fourth-order valence-electron chi connectivity index (χ4n) is 2.37. The molecule has 0 amide bonds. The van der Waals surface area contributed by atoms with Gasteiger partial charge in [-0.2, -0.15) is 0 Å². The molecule has 2 aliphatic rings. The van der Waals surface area contributed by atoms with Gasteiger partial charge in [0.1, 0.15) is 0 Å². The number of halogens is 3. The molecule has 2 aliphatic carbocycles. The third-order valence-corrected chi connectivity index (χ3v) is 3.15. The highest BCUT2D eigenvalue weighted by Crippen LogP contribution is 2.29. The number of hydrogen-bond acceptors (Lipinski definition) is 4. The maximum atomic E-state index is 12.1. The van der Waals surface area contributed by atoms with E-state index in [1.54, 1.807) is 0 Å². The molecule has 21 heavy (non-hydrogen) atoms. The minimum atomic E-state index is -4.74. The van der Waals surface area contributed by atoms with Gasteiger partial charge in [0.25, 0.3) is 0 Å². The monoisotopic (exact) mass is 293 g/mol. The van der Waals surface area contributed by atoms with Gasteiger partial charge in [0.15, 0.2) is 5.76 Å². The van der Waals surface area contributed by atoms with Gasteiger partial charge in [0.2, 0.25) is 5.95 Å². The summed E-state index contributed by atoms with van der Waals surface area (Å²) in [7, 11) is 0. The lowest BCUT2D eigenvalue weighted by Gasteiger charge is -2.10. The Morgan fingerprint density at radius 3 is 2.62 bits per heavy atom. The van der Waals surface area contributed by atoms with Crippen molar-refractivity contribution in [3.05, 3.63) is 46.3 Å². The minimum Gasteiger partial charge on any atom is -0.397 e. The van der Waals surface area contributed by atoms with Crippen LogP contribution in [-0.2, 0) is 17.6 Å². The average Bonchev–Trinajstić information content (AvgIpc) is 2.85. The van der Waals surface area contributed by atoms with Crippen molar-refractivity contribution in [2.45, 2.75) is 25.6 Å². The second kappa shape index (κ2) is 4.81. The second-order valence-electron chi connectivity index (χ2n) is 4.62. The van der Waals surface area contributed by atoms with Crippen LogP contribution in [0.4, 0.5) is 19.1 Å². The molecule has 1 heterocycles. The van der Waals surface area contributed by atoms with Crippen molar-refractivity contribution in [3.8, 4) is 0 Å². The lowest BCUT2D eigenvalue weighted by molar-refractivity contribution is -0.303. The zero-order valence-corrected chi connectivity index (χ0v) is 10.8. The van der Waals surface area contributed by atoms with E-state index in [4.69, 9.17) is 5.73 Å². The number of ether oxygens (including phenoxy) is 1. The molecule has 0 saturated heterocycles. The molecule has 0 spiro atoms. The Bertz CT molecular complexity index is 737. The molecule has 0 fully saturated rings. The number of anilines is 1. The Morgan fingerprint density at radius 2 is 1.95 bits per heavy atom. The molecule has 0 aliphatic heterocycles. The van der Waals surface area contributed by atoms with E-state index < -0.39 is 12.1 Å². The van der Waals surface area contributed by atoms with Gasteiger partial charge in [-0.25, -0.2) is 9.97 Å². The van der Waals surface area contributed by atoms with E-state index in [0.29, 0.717) is 11.3 Å². The van der Waals surface area contributed by atoms with Crippen molar-refractivity contribution in [3.63, 3.8) is 0 Å². The number of aryl methyl sites for hydroxylation is 1. The van der Waals surface area contributed by atoms with Crippen molar-refractivity contribution in [2.75, 3.05) is 5.73 Å².